The molecule has 0 bridgehead atoms. The van der Waals surface area contributed by atoms with Crippen LogP contribution in [0.3, 0.4) is 0 Å². The quantitative estimate of drug-likeness (QED) is 0.647. The van der Waals surface area contributed by atoms with Crippen LogP contribution in [0.2, 0.25) is 0 Å². The van der Waals surface area contributed by atoms with E-state index in [0.29, 0.717) is 5.54 Å². The summed E-state index contributed by atoms with van der Waals surface area (Å²) in [6.07, 6.45) is 3.80. The molecule has 0 spiro atoms. The van der Waals surface area contributed by atoms with Crippen LogP contribution in [0.25, 0.3) is 0 Å². The molecule has 0 aromatic carbocycles. The molecule has 2 atom stereocenters. The Hall–Kier alpha value is -0.0400. The van der Waals surface area contributed by atoms with Crippen LogP contribution in [0, 0.1) is 5.92 Å². The second-order valence-corrected chi connectivity index (χ2v) is 3.73. The Morgan fingerprint density at radius 2 is 1.91 bits per heavy atom. The van der Waals surface area contributed by atoms with Gasteiger partial charge in [-0.25, -0.2) is 0 Å². The molecule has 0 fully saturated rings. The molecule has 0 aromatic rings. The van der Waals surface area contributed by atoms with E-state index in [1.54, 1.807) is 0 Å². The van der Waals surface area contributed by atoms with Crippen molar-refractivity contribution in [3.05, 3.63) is 0 Å². The van der Waals surface area contributed by atoms with E-state index in [1.165, 1.54) is 19.3 Å². The Morgan fingerprint density at radius 3 is 2.18 bits per heavy atom. The summed E-state index contributed by atoms with van der Waals surface area (Å²) in [5.41, 5.74) is 0.351. The lowest BCUT2D eigenvalue weighted by molar-refractivity contribution is 0.236. The molecular weight excluding hydrogens is 134 g/mol. The average Bonchev–Trinajstić information content (AvgIpc) is 2.03. The van der Waals surface area contributed by atoms with Crippen molar-refractivity contribution in [2.24, 2.45) is 5.92 Å². The summed E-state index contributed by atoms with van der Waals surface area (Å²) in [6.45, 7) is 9.16. The highest BCUT2D eigenvalue weighted by atomic mass is 14.9. The highest BCUT2D eigenvalue weighted by Gasteiger charge is 2.26. The minimum Gasteiger partial charge on any atom is -0.314 e. The fourth-order valence-corrected chi connectivity index (χ4v) is 1.59. The number of nitrogens with one attached hydrogen (secondary N) is 1. The van der Waals surface area contributed by atoms with Crippen LogP contribution in [0.4, 0.5) is 0 Å². The van der Waals surface area contributed by atoms with E-state index < -0.39 is 0 Å². The first kappa shape index (κ1) is 11.0. The van der Waals surface area contributed by atoms with Gasteiger partial charge in [0.05, 0.1) is 0 Å². The van der Waals surface area contributed by atoms with E-state index in [9.17, 15) is 0 Å². The molecule has 0 saturated heterocycles. The average molecular weight is 157 g/mol. The number of rotatable bonds is 5. The van der Waals surface area contributed by atoms with E-state index in [1.807, 2.05) is 0 Å². The zero-order valence-corrected chi connectivity index (χ0v) is 8.70. The maximum Gasteiger partial charge on any atom is 0.0175 e. The third kappa shape index (κ3) is 2.82. The Labute approximate surface area is 71.6 Å². The first-order valence-corrected chi connectivity index (χ1v) is 4.79. The molecule has 1 heteroatoms. The van der Waals surface area contributed by atoms with Gasteiger partial charge in [-0.1, -0.05) is 33.6 Å². The highest BCUT2D eigenvalue weighted by molar-refractivity contribution is 4.85. The Morgan fingerprint density at radius 1 is 1.36 bits per heavy atom. The summed E-state index contributed by atoms with van der Waals surface area (Å²) >= 11 is 0. The molecule has 0 radical (unpaired) electrons. The SMILES string of the molecule is CCCC(C)(NC)C(C)CC. The molecule has 1 nitrogen and oxygen atoms in total. The summed E-state index contributed by atoms with van der Waals surface area (Å²) in [5, 5.41) is 3.43. The molecule has 0 aliphatic heterocycles. The van der Waals surface area contributed by atoms with Gasteiger partial charge in [0.1, 0.15) is 0 Å². The summed E-state index contributed by atoms with van der Waals surface area (Å²) in [6, 6.07) is 0. The third-order valence-electron chi connectivity index (χ3n) is 3.04. The first-order valence-electron chi connectivity index (χ1n) is 4.79. The smallest absolute Gasteiger partial charge is 0.0175 e. The maximum atomic E-state index is 3.43. The Balaban J connectivity index is 4.07. The van der Waals surface area contributed by atoms with Crippen LogP contribution in [0.5, 0.6) is 0 Å². The first-order chi connectivity index (χ1) is 5.10. The lowest BCUT2D eigenvalue weighted by Crippen LogP contribution is -2.45. The molecule has 0 amide bonds. The van der Waals surface area contributed by atoms with Crippen molar-refractivity contribution < 1.29 is 0 Å². The molecule has 0 aliphatic carbocycles. The second kappa shape index (κ2) is 4.76. The van der Waals surface area contributed by atoms with Crippen molar-refractivity contribution in [1.82, 2.24) is 5.32 Å². The standard InChI is InChI=1S/C10H23N/c1-6-8-10(4,11-5)9(3)7-2/h9,11H,6-8H2,1-5H3. The van der Waals surface area contributed by atoms with Gasteiger partial charge in [-0.15, -0.1) is 0 Å². The van der Waals surface area contributed by atoms with E-state index in [4.69, 9.17) is 0 Å². The van der Waals surface area contributed by atoms with E-state index >= 15 is 0 Å². The van der Waals surface area contributed by atoms with Crippen molar-refractivity contribution in [2.75, 3.05) is 7.05 Å². The monoisotopic (exact) mass is 157 g/mol. The Kier molecular flexibility index (Phi) is 4.74. The van der Waals surface area contributed by atoms with E-state index in [0.717, 1.165) is 5.92 Å². The van der Waals surface area contributed by atoms with Gasteiger partial charge < -0.3 is 5.32 Å². The Bertz CT molecular complexity index is 101. The van der Waals surface area contributed by atoms with E-state index in [2.05, 4.69) is 40.1 Å². The van der Waals surface area contributed by atoms with Crippen molar-refractivity contribution in [3.63, 3.8) is 0 Å². The van der Waals surface area contributed by atoms with Gasteiger partial charge in [0, 0.05) is 5.54 Å². The summed E-state index contributed by atoms with van der Waals surface area (Å²) < 4.78 is 0. The highest BCUT2D eigenvalue weighted by Crippen LogP contribution is 2.24. The van der Waals surface area contributed by atoms with Crippen LogP contribution >= 0.6 is 0 Å². The van der Waals surface area contributed by atoms with Gasteiger partial charge in [-0.05, 0) is 26.3 Å². The molecular formula is C10H23N. The maximum absolute atomic E-state index is 3.43. The predicted octanol–water partition coefficient (Wildman–Crippen LogP) is 2.81. The molecule has 0 heterocycles. The van der Waals surface area contributed by atoms with Gasteiger partial charge in [0.25, 0.3) is 0 Å². The molecule has 11 heavy (non-hydrogen) atoms. The van der Waals surface area contributed by atoms with Crippen LogP contribution in [-0.2, 0) is 0 Å². The van der Waals surface area contributed by atoms with Crippen LogP contribution < -0.4 is 5.32 Å². The molecule has 0 aromatic heterocycles. The van der Waals surface area contributed by atoms with Crippen molar-refractivity contribution in [3.8, 4) is 0 Å². The molecule has 2 unspecified atom stereocenters. The van der Waals surface area contributed by atoms with Crippen molar-refractivity contribution >= 4 is 0 Å². The van der Waals surface area contributed by atoms with Gasteiger partial charge >= 0.3 is 0 Å². The normalized spacial score (nSPS) is 19.4. The molecule has 0 rings (SSSR count). The molecule has 0 aliphatic rings. The zero-order valence-electron chi connectivity index (χ0n) is 8.70. The van der Waals surface area contributed by atoms with Crippen molar-refractivity contribution in [1.29, 1.82) is 0 Å². The fourth-order valence-electron chi connectivity index (χ4n) is 1.59. The van der Waals surface area contributed by atoms with Crippen LogP contribution in [0.1, 0.15) is 47.0 Å². The van der Waals surface area contributed by atoms with Crippen molar-refractivity contribution in [2.45, 2.75) is 52.5 Å². The minimum atomic E-state index is 0.351. The summed E-state index contributed by atoms with van der Waals surface area (Å²) in [7, 11) is 2.07. The number of hydrogen-bond donors (Lipinski definition) is 1. The van der Waals surface area contributed by atoms with Gasteiger partial charge in [0.15, 0.2) is 0 Å². The predicted molar refractivity (Wildman–Crippen MR) is 51.8 cm³/mol. The van der Waals surface area contributed by atoms with Gasteiger partial charge in [0.2, 0.25) is 0 Å². The lowest BCUT2D eigenvalue weighted by atomic mass is 9.82. The van der Waals surface area contributed by atoms with Gasteiger partial charge in [-0.2, -0.15) is 0 Å². The zero-order chi connectivity index (χ0) is 8.91. The molecule has 0 saturated carbocycles. The summed E-state index contributed by atoms with van der Waals surface area (Å²) in [5.74, 6) is 0.771. The second-order valence-electron chi connectivity index (χ2n) is 3.73. The number of hydrogen-bond acceptors (Lipinski definition) is 1. The topological polar surface area (TPSA) is 12.0 Å². The lowest BCUT2D eigenvalue weighted by Gasteiger charge is -2.35. The minimum absolute atomic E-state index is 0.351. The molecule has 68 valence electrons. The fraction of sp³-hybridized carbons (Fsp3) is 1.00. The van der Waals surface area contributed by atoms with Gasteiger partial charge in [-0.3, -0.25) is 0 Å². The van der Waals surface area contributed by atoms with Crippen LogP contribution in [-0.4, -0.2) is 12.6 Å². The third-order valence-corrected chi connectivity index (χ3v) is 3.04. The van der Waals surface area contributed by atoms with Crippen LogP contribution in [0.15, 0.2) is 0 Å². The molecule has 1 N–H and O–H groups in total. The summed E-state index contributed by atoms with van der Waals surface area (Å²) in [4.78, 5) is 0. The van der Waals surface area contributed by atoms with E-state index in [-0.39, 0.29) is 0 Å². The largest absolute Gasteiger partial charge is 0.314 e.